The fourth-order valence-corrected chi connectivity index (χ4v) is 8.78. The number of nitrogens with one attached hydrogen (secondary N) is 1. The van der Waals surface area contributed by atoms with Gasteiger partial charge in [0.25, 0.3) is 0 Å². The lowest BCUT2D eigenvalue weighted by molar-refractivity contribution is -0.151. The zero-order valence-electron chi connectivity index (χ0n) is 42.5. The van der Waals surface area contributed by atoms with Crippen molar-refractivity contribution in [3.63, 3.8) is 0 Å². The largest absolute Gasteiger partial charge is 0.462 e. The van der Waals surface area contributed by atoms with Gasteiger partial charge in [-0.3, -0.25) is 9.59 Å². The van der Waals surface area contributed by atoms with Gasteiger partial charge in [-0.2, -0.15) is 0 Å². The highest BCUT2D eigenvalue weighted by molar-refractivity contribution is 5.77. The van der Waals surface area contributed by atoms with Crippen molar-refractivity contribution in [1.29, 1.82) is 0 Å². The van der Waals surface area contributed by atoms with E-state index in [9.17, 15) is 19.8 Å². The number of carbonyl (C=O) groups is 2. The van der Waals surface area contributed by atoms with Crippen LogP contribution in [0.25, 0.3) is 0 Å². The van der Waals surface area contributed by atoms with E-state index in [1.807, 2.05) is 0 Å². The van der Waals surface area contributed by atoms with Gasteiger partial charge in [0.2, 0.25) is 5.91 Å². The third kappa shape index (κ3) is 46.7. The molecule has 0 bridgehead atoms. The summed E-state index contributed by atoms with van der Waals surface area (Å²) in [6, 6.07) is -0.706. The summed E-state index contributed by atoms with van der Waals surface area (Å²) in [5.74, 6) is -0.482. The van der Waals surface area contributed by atoms with Gasteiger partial charge < -0.3 is 20.3 Å². The van der Waals surface area contributed by atoms with Gasteiger partial charge in [-0.1, -0.05) is 263 Å². The molecule has 0 aromatic carbocycles. The number of unbranched alkanes of at least 4 members (excludes halogenated alkanes) is 36. The zero-order valence-corrected chi connectivity index (χ0v) is 42.5. The summed E-state index contributed by atoms with van der Waals surface area (Å²) in [5, 5.41) is 23.8. The number of allylic oxidation sites excluding steroid dienone is 4. The summed E-state index contributed by atoms with van der Waals surface area (Å²) < 4.78 is 5.95. The molecule has 0 fully saturated rings. The number of carbonyl (C=O) groups excluding carboxylic acids is 2. The molecule has 3 N–H and O–H groups in total. The van der Waals surface area contributed by atoms with E-state index in [-0.39, 0.29) is 24.9 Å². The van der Waals surface area contributed by atoms with Gasteiger partial charge in [0.05, 0.1) is 25.2 Å². The molecule has 6 nitrogen and oxygen atoms in total. The Bertz CT molecular complexity index is 997. The van der Waals surface area contributed by atoms with Gasteiger partial charge in [-0.15, -0.1) is 0 Å². The summed E-state index contributed by atoms with van der Waals surface area (Å²) in [4.78, 5) is 26.2. The van der Waals surface area contributed by atoms with Crippen LogP contribution < -0.4 is 5.32 Å². The topological polar surface area (TPSA) is 95.9 Å². The van der Waals surface area contributed by atoms with E-state index in [0.717, 1.165) is 70.6 Å². The summed E-state index contributed by atoms with van der Waals surface area (Å²) >= 11 is 0. The van der Waals surface area contributed by atoms with Gasteiger partial charge in [0, 0.05) is 6.42 Å². The number of aliphatic hydroxyl groups excluding tert-OH is 2. The van der Waals surface area contributed by atoms with E-state index in [4.69, 9.17) is 4.74 Å². The molecule has 3 unspecified atom stereocenters. The molecule has 372 valence electrons. The minimum absolute atomic E-state index is 0.0654. The molecule has 0 saturated carbocycles. The third-order valence-corrected chi connectivity index (χ3v) is 13.1. The van der Waals surface area contributed by atoms with Crippen molar-refractivity contribution in [2.24, 2.45) is 0 Å². The van der Waals surface area contributed by atoms with Crippen molar-refractivity contribution in [3.8, 4) is 0 Å². The van der Waals surface area contributed by atoms with Crippen LogP contribution in [-0.2, 0) is 14.3 Å². The maximum absolute atomic E-state index is 13.2. The Labute approximate surface area is 392 Å². The molecule has 0 aliphatic heterocycles. The number of ether oxygens (including phenoxy) is 1. The Morgan fingerprint density at radius 2 is 0.794 bits per heavy atom. The van der Waals surface area contributed by atoms with Crippen molar-refractivity contribution in [2.45, 2.75) is 322 Å². The van der Waals surface area contributed by atoms with Crippen molar-refractivity contribution in [1.82, 2.24) is 5.32 Å². The predicted octanol–water partition coefficient (Wildman–Crippen LogP) is 17.1. The van der Waals surface area contributed by atoms with Crippen LogP contribution in [-0.4, -0.2) is 46.9 Å². The first-order valence-corrected chi connectivity index (χ1v) is 28.1. The smallest absolute Gasteiger partial charge is 0.306 e. The van der Waals surface area contributed by atoms with Gasteiger partial charge in [0.1, 0.15) is 6.10 Å². The van der Waals surface area contributed by atoms with Gasteiger partial charge in [0.15, 0.2) is 0 Å². The molecule has 0 aliphatic carbocycles. The number of esters is 1. The second kappa shape index (κ2) is 51.3. The maximum Gasteiger partial charge on any atom is 0.306 e. The van der Waals surface area contributed by atoms with Crippen molar-refractivity contribution < 1.29 is 24.5 Å². The average molecular weight is 889 g/mol. The van der Waals surface area contributed by atoms with E-state index in [1.165, 1.54) is 186 Å². The number of aliphatic hydroxyl groups is 2. The summed E-state index contributed by atoms with van der Waals surface area (Å²) in [6.07, 6.45) is 59.6. The molecule has 63 heavy (non-hydrogen) atoms. The molecule has 0 spiro atoms. The normalized spacial score (nSPS) is 13.3. The number of hydrogen-bond donors (Lipinski definition) is 3. The first-order chi connectivity index (χ1) is 31.0. The third-order valence-electron chi connectivity index (χ3n) is 13.1. The Morgan fingerprint density at radius 1 is 0.460 bits per heavy atom. The molecule has 0 saturated heterocycles. The Hall–Kier alpha value is -1.66. The van der Waals surface area contributed by atoms with Crippen LogP contribution in [0, 0.1) is 0 Å². The van der Waals surface area contributed by atoms with Crippen LogP contribution >= 0.6 is 0 Å². The molecule has 1 amide bonds. The van der Waals surface area contributed by atoms with Crippen LogP contribution in [0.4, 0.5) is 0 Å². The predicted molar refractivity (Wildman–Crippen MR) is 273 cm³/mol. The molecule has 0 aromatic rings. The van der Waals surface area contributed by atoms with Crippen LogP contribution in [0.1, 0.15) is 303 Å². The standard InChI is InChI=1S/C57H109NO5/c1-4-7-10-13-16-19-22-25-27-29-31-33-36-39-42-45-48-53(63-57(62)50-47-44-41-38-35-32-30-28-26-23-20-17-14-11-8-5-2)51-56(61)58-54(52-59)55(60)49-46-43-40-37-34-24-21-18-15-12-9-6-3/h27,29,31,33,53-55,59-60H,4-26,28,30,32,34-52H2,1-3H3,(H,58,61)/b29-27+,33-31+. The monoisotopic (exact) mass is 888 g/mol. The van der Waals surface area contributed by atoms with E-state index >= 15 is 0 Å². The fraction of sp³-hybridized carbons (Fsp3) is 0.895. The van der Waals surface area contributed by atoms with E-state index < -0.39 is 18.2 Å². The zero-order chi connectivity index (χ0) is 45.9. The molecule has 0 aromatic heterocycles. The number of hydrogen-bond acceptors (Lipinski definition) is 5. The van der Waals surface area contributed by atoms with Crippen LogP contribution in [0.2, 0.25) is 0 Å². The molecule has 6 heteroatoms. The quantitative estimate of drug-likeness (QED) is 0.0321. The number of amides is 1. The summed E-state index contributed by atoms with van der Waals surface area (Å²) in [7, 11) is 0. The maximum atomic E-state index is 13.2. The van der Waals surface area contributed by atoms with Crippen LogP contribution in [0.3, 0.4) is 0 Å². The number of rotatable bonds is 51. The van der Waals surface area contributed by atoms with Crippen molar-refractivity contribution >= 4 is 11.9 Å². The van der Waals surface area contributed by atoms with Crippen LogP contribution in [0.15, 0.2) is 24.3 Å². The van der Waals surface area contributed by atoms with E-state index in [2.05, 4.69) is 50.4 Å². The summed E-state index contributed by atoms with van der Waals surface area (Å²) in [6.45, 7) is 6.50. The molecular weight excluding hydrogens is 779 g/mol. The Morgan fingerprint density at radius 3 is 1.19 bits per heavy atom. The highest BCUT2D eigenvalue weighted by atomic mass is 16.5. The lowest BCUT2D eigenvalue weighted by Crippen LogP contribution is -2.46. The molecule has 3 atom stereocenters. The SMILES string of the molecule is CCCCCCCCC/C=C/C=C/CCCCCC(CC(=O)NC(CO)C(O)CCCCCCCCCCCCCC)OC(=O)CCCCCCCCCCCCCCCCCC. The highest BCUT2D eigenvalue weighted by Gasteiger charge is 2.24. The molecule has 0 radical (unpaired) electrons. The van der Waals surface area contributed by atoms with Gasteiger partial charge in [-0.25, -0.2) is 0 Å². The van der Waals surface area contributed by atoms with Crippen molar-refractivity contribution in [3.05, 3.63) is 24.3 Å². The average Bonchev–Trinajstić information content (AvgIpc) is 3.28. The Balaban J connectivity index is 4.58. The lowest BCUT2D eigenvalue weighted by Gasteiger charge is -2.24. The second-order valence-corrected chi connectivity index (χ2v) is 19.4. The molecule has 0 rings (SSSR count). The fourth-order valence-electron chi connectivity index (χ4n) is 8.78. The minimum Gasteiger partial charge on any atom is -0.462 e. The molecule has 0 heterocycles. The van der Waals surface area contributed by atoms with Gasteiger partial charge in [-0.05, 0) is 51.4 Å². The Kier molecular flexibility index (Phi) is 50.0. The summed E-state index contributed by atoms with van der Waals surface area (Å²) in [5.41, 5.74) is 0. The minimum atomic E-state index is -0.791. The molecule has 0 aliphatic rings. The highest BCUT2D eigenvalue weighted by Crippen LogP contribution is 2.18. The lowest BCUT2D eigenvalue weighted by atomic mass is 10.0. The van der Waals surface area contributed by atoms with Crippen molar-refractivity contribution in [2.75, 3.05) is 6.61 Å². The second-order valence-electron chi connectivity index (χ2n) is 19.4. The molecular formula is C57H109NO5. The van der Waals surface area contributed by atoms with Gasteiger partial charge >= 0.3 is 5.97 Å². The van der Waals surface area contributed by atoms with E-state index in [0.29, 0.717) is 19.3 Å². The van der Waals surface area contributed by atoms with Crippen LogP contribution in [0.5, 0.6) is 0 Å². The first kappa shape index (κ1) is 61.3. The first-order valence-electron chi connectivity index (χ1n) is 28.1. The van der Waals surface area contributed by atoms with E-state index in [1.54, 1.807) is 0 Å².